The van der Waals surface area contributed by atoms with Gasteiger partial charge in [-0.3, -0.25) is 0 Å². The van der Waals surface area contributed by atoms with E-state index in [1.165, 1.54) is 89.9 Å². The van der Waals surface area contributed by atoms with Crippen molar-refractivity contribution in [1.29, 1.82) is 0 Å². The Bertz CT molecular complexity index is 546. The minimum absolute atomic E-state index is 0.270. The fourth-order valence-electron chi connectivity index (χ4n) is 7.89. The molecule has 6 aliphatic rings. The van der Waals surface area contributed by atoms with Crippen molar-refractivity contribution in [2.24, 2.45) is 16.2 Å². The van der Waals surface area contributed by atoms with E-state index in [4.69, 9.17) is 18.9 Å². The highest BCUT2D eigenvalue weighted by atomic mass is 16.7. The first-order valence-electron chi connectivity index (χ1n) is 13.6. The number of ether oxygens (including phenoxy) is 4. The summed E-state index contributed by atoms with van der Waals surface area (Å²) in [4.78, 5) is 0. The second-order valence-electron chi connectivity index (χ2n) is 12.6. The van der Waals surface area contributed by atoms with Crippen molar-refractivity contribution in [2.75, 3.05) is 26.4 Å². The van der Waals surface area contributed by atoms with E-state index < -0.39 is 0 Å². The van der Waals surface area contributed by atoms with Gasteiger partial charge in [-0.2, -0.15) is 0 Å². The number of rotatable bonds is 0. The highest BCUT2D eigenvalue weighted by Gasteiger charge is 2.54. The number of hydrogen-bond acceptors (Lipinski definition) is 4. The molecule has 2 saturated heterocycles. The van der Waals surface area contributed by atoms with Crippen LogP contribution in [-0.2, 0) is 18.9 Å². The standard InChI is InChI=1S/C27H44O4/c1-3-7-24(8-4-1)19-28-26(29-20-24)15-11-23(12-16-26)13-17-27(18-14-23)30-21-25(22-31-27)9-5-2-6-10-25/h1-22H2. The van der Waals surface area contributed by atoms with Crippen LogP contribution in [0.1, 0.15) is 116 Å². The van der Waals surface area contributed by atoms with Gasteiger partial charge in [0, 0.05) is 36.5 Å². The third-order valence-corrected chi connectivity index (χ3v) is 10.5. The molecular formula is C27H44O4. The molecule has 2 heterocycles. The van der Waals surface area contributed by atoms with E-state index in [-0.39, 0.29) is 11.6 Å². The topological polar surface area (TPSA) is 36.9 Å². The van der Waals surface area contributed by atoms with Gasteiger partial charge in [-0.25, -0.2) is 0 Å². The van der Waals surface area contributed by atoms with Crippen molar-refractivity contribution >= 4 is 0 Å². The molecule has 0 radical (unpaired) electrons. The highest BCUT2D eigenvalue weighted by molar-refractivity contribution is 4.99. The first-order chi connectivity index (χ1) is 15.1. The van der Waals surface area contributed by atoms with Gasteiger partial charge in [0.2, 0.25) is 0 Å². The molecule has 6 rings (SSSR count). The van der Waals surface area contributed by atoms with Crippen LogP contribution in [0.2, 0.25) is 0 Å². The van der Waals surface area contributed by atoms with E-state index in [1.807, 2.05) is 0 Å². The monoisotopic (exact) mass is 432 g/mol. The van der Waals surface area contributed by atoms with Crippen molar-refractivity contribution in [3.05, 3.63) is 0 Å². The van der Waals surface area contributed by atoms with Gasteiger partial charge in [-0.1, -0.05) is 38.5 Å². The highest BCUT2D eigenvalue weighted by Crippen LogP contribution is 2.57. The van der Waals surface area contributed by atoms with Crippen molar-refractivity contribution < 1.29 is 18.9 Å². The van der Waals surface area contributed by atoms with Crippen LogP contribution in [0.25, 0.3) is 0 Å². The Hall–Kier alpha value is -0.160. The summed E-state index contributed by atoms with van der Waals surface area (Å²) in [5, 5.41) is 0. The summed E-state index contributed by atoms with van der Waals surface area (Å²) in [7, 11) is 0. The average Bonchev–Trinajstić information content (AvgIpc) is 2.84. The molecule has 4 heteroatoms. The van der Waals surface area contributed by atoms with E-state index >= 15 is 0 Å². The third-order valence-electron chi connectivity index (χ3n) is 10.5. The van der Waals surface area contributed by atoms with Gasteiger partial charge in [0.05, 0.1) is 26.4 Å². The second kappa shape index (κ2) is 7.96. The Balaban J connectivity index is 1.01. The maximum absolute atomic E-state index is 6.54. The van der Waals surface area contributed by atoms with Gasteiger partial charge in [-0.15, -0.1) is 0 Å². The molecular weight excluding hydrogens is 388 g/mol. The molecule has 0 atom stereocenters. The Kier molecular flexibility index (Phi) is 5.49. The molecule has 0 unspecified atom stereocenters. The van der Waals surface area contributed by atoms with Crippen molar-refractivity contribution in [3.8, 4) is 0 Å². The predicted molar refractivity (Wildman–Crippen MR) is 120 cm³/mol. The second-order valence-corrected chi connectivity index (χ2v) is 12.6. The SMILES string of the molecule is C1CCC2(CC1)COC1(CCC3(CC1)CCC1(CC3)OCC3(CCCCC3)CO1)OC2. The Morgan fingerprint density at radius 3 is 0.935 bits per heavy atom. The molecule has 0 bridgehead atoms. The molecule has 4 nitrogen and oxygen atoms in total. The van der Waals surface area contributed by atoms with Crippen molar-refractivity contribution in [2.45, 2.75) is 127 Å². The lowest BCUT2D eigenvalue weighted by atomic mass is 9.62. The molecule has 0 N–H and O–H groups in total. The van der Waals surface area contributed by atoms with Gasteiger partial charge < -0.3 is 18.9 Å². The molecule has 0 aromatic heterocycles. The average molecular weight is 433 g/mol. The van der Waals surface area contributed by atoms with Gasteiger partial charge in [0.25, 0.3) is 0 Å². The van der Waals surface area contributed by atoms with E-state index in [1.54, 1.807) is 0 Å². The van der Waals surface area contributed by atoms with Gasteiger partial charge in [0.1, 0.15) is 0 Å². The summed E-state index contributed by atoms with van der Waals surface area (Å²) < 4.78 is 26.1. The van der Waals surface area contributed by atoms with Crippen LogP contribution in [0.3, 0.4) is 0 Å². The molecule has 4 saturated carbocycles. The van der Waals surface area contributed by atoms with Gasteiger partial charge in [0.15, 0.2) is 11.6 Å². The van der Waals surface area contributed by atoms with E-state index in [0.29, 0.717) is 16.2 Å². The molecule has 0 aromatic rings. The van der Waals surface area contributed by atoms with Crippen LogP contribution in [0, 0.1) is 16.2 Å². The normalized spacial score (nSPS) is 35.6. The first kappa shape index (κ1) is 21.4. The van der Waals surface area contributed by atoms with E-state index in [0.717, 1.165) is 52.1 Å². The predicted octanol–water partition coefficient (Wildman–Crippen LogP) is 6.51. The van der Waals surface area contributed by atoms with Crippen LogP contribution < -0.4 is 0 Å². The van der Waals surface area contributed by atoms with Crippen LogP contribution in [-0.4, -0.2) is 38.0 Å². The number of hydrogen-bond donors (Lipinski definition) is 0. The Labute approximate surface area is 189 Å². The van der Waals surface area contributed by atoms with Crippen LogP contribution in [0.15, 0.2) is 0 Å². The molecule has 5 spiro atoms. The summed E-state index contributed by atoms with van der Waals surface area (Å²) in [6.07, 6.45) is 22.8. The lowest BCUT2D eigenvalue weighted by molar-refractivity contribution is -0.338. The maximum atomic E-state index is 6.54. The first-order valence-corrected chi connectivity index (χ1v) is 13.6. The third kappa shape index (κ3) is 4.02. The van der Waals surface area contributed by atoms with Crippen molar-refractivity contribution in [3.63, 3.8) is 0 Å². The molecule has 31 heavy (non-hydrogen) atoms. The summed E-state index contributed by atoms with van der Waals surface area (Å²) >= 11 is 0. The van der Waals surface area contributed by atoms with Crippen LogP contribution >= 0.6 is 0 Å². The fraction of sp³-hybridized carbons (Fsp3) is 1.00. The van der Waals surface area contributed by atoms with Gasteiger partial charge >= 0.3 is 0 Å². The zero-order valence-corrected chi connectivity index (χ0v) is 19.7. The molecule has 6 fully saturated rings. The fourth-order valence-corrected chi connectivity index (χ4v) is 7.89. The largest absolute Gasteiger partial charge is 0.349 e. The zero-order valence-electron chi connectivity index (χ0n) is 19.7. The lowest BCUT2D eigenvalue weighted by Gasteiger charge is -2.56. The van der Waals surface area contributed by atoms with E-state index in [2.05, 4.69) is 0 Å². The van der Waals surface area contributed by atoms with E-state index in [9.17, 15) is 0 Å². The van der Waals surface area contributed by atoms with Crippen molar-refractivity contribution in [1.82, 2.24) is 0 Å². The summed E-state index contributed by atoms with van der Waals surface area (Å²) in [5.41, 5.74) is 1.14. The molecule has 4 aliphatic carbocycles. The molecule has 2 aliphatic heterocycles. The molecule has 0 amide bonds. The minimum atomic E-state index is -0.270. The lowest BCUT2D eigenvalue weighted by Crippen LogP contribution is -2.55. The summed E-state index contributed by atoms with van der Waals surface area (Å²) in [6.45, 7) is 3.75. The molecule has 176 valence electrons. The van der Waals surface area contributed by atoms with Crippen LogP contribution in [0.4, 0.5) is 0 Å². The minimum Gasteiger partial charge on any atom is -0.349 e. The van der Waals surface area contributed by atoms with Gasteiger partial charge in [-0.05, 0) is 56.8 Å². The smallest absolute Gasteiger partial charge is 0.168 e. The Morgan fingerprint density at radius 1 is 0.290 bits per heavy atom. The quantitative estimate of drug-likeness (QED) is 0.437. The molecule has 0 aromatic carbocycles. The zero-order chi connectivity index (χ0) is 20.9. The summed E-state index contributed by atoms with van der Waals surface area (Å²) in [6, 6.07) is 0. The Morgan fingerprint density at radius 2 is 0.613 bits per heavy atom. The van der Waals surface area contributed by atoms with Crippen LogP contribution in [0.5, 0.6) is 0 Å². The summed E-state index contributed by atoms with van der Waals surface area (Å²) in [5.74, 6) is -0.539. The maximum Gasteiger partial charge on any atom is 0.168 e.